The molecule has 0 saturated carbocycles. The summed E-state index contributed by atoms with van der Waals surface area (Å²) in [5.41, 5.74) is 2.58. The van der Waals surface area contributed by atoms with E-state index in [1.54, 1.807) is 22.7 Å². The fourth-order valence-electron chi connectivity index (χ4n) is 2.69. The van der Waals surface area contributed by atoms with E-state index in [2.05, 4.69) is 0 Å². The normalized spacial score (nSPS) is 10.9. The van der Waals surface area contributed by atoms with Crippen molar-refractivity contribution in [2.75, 3.05) is 0 Å². The maximum atomic E-state index is 11.6. The minimum atomic E-state index is 0.473. The maximum absolute atomic E-state index is 11.6. The molecule has 0 atom stereocenters. The van der Waals surface area contributed by atoms with Gasteiger partial charge in [-0.05, 0) is 38.1 Å². The first kappa shape index (κ1) is 14.9. The van der Waals surface area contributed by atoms with Gasteiger partial charge in [0.1, 0.15) is 0 Å². The van der Waals surface area contributed by atoms with Crippen LogP contribution in [0, 0.1) is 13.8 Å². The van der Waals surface area contributed by atoms with Crippen molar-refractivity contribution < 1.29 is 9.59 Å². The molecule has 0 aliphatic rings. The second-order valence-corrected chi connectivity index (χ2v) is 7.72. The van der Waals surface area contributed by atoms with E-state index < -0.39 is 0 Å². The summed E-state index contributed by atoms with van der Waals surface area (Å²) in [5.74, 6) is 0. The Kier molecular flexibility index (Phi) is 3.85. The van der Waals surface area contributed by atoms with Gasteiger partial charge < -0.3 is 4.57 Å². The number of aryl methyl sites for hydroxylation is 2. The number of hydrogen-bond acceptors (Lipinski definition) is 4. The summed E-state index contributed by atoms with van der Waals surface area (Å²) < 4.78 is 1.96. The Hall–Kier alpha value is -1.98. The first-order valence-corrected chi connectivity index (χ1v) is 8.46. The van der Waals surface area contributed by atoms with Crippen molar-refractivity contribution in [1.29, 1.82) is 0 Å². The van der Waals surface area contributed by atoms with Crippen molar-refractivity contribution in [1.82, 2.24) is 4.57 Å². The first-order chi connectivity index (χ1) is 10.6. The summed E-state index contributed by atoms with van der Waals surface area (Å²) in [6.45, 7) is 4.06. The Morgan fingerprint density at radius 1 is 0.818 bits per heavy atom. The fraction of sp³-hybridized carbons (Fsp3) is 0.176. The summed E-state index contributed by atoms with van der Waals surface area (Å²) >= 11 is 3.25. The molecule has 0 N–H and O–H groups in total. The van der Waals surface area contributed by atoms with Gasteiger partial charge in [-0.25, -0.2) is 0 Å². The van der Waals surface area contributed by atoms with E-state index in [1.165, 1.54) is 9.75 Å². The highest BCUT2D eigenvalue weighted by Gasteiger charge is 2.23. The highest BCUT2D eigenvalue weighted by molar-refractivity contribution is 7.15. The van der Waals surface area contributed by atoms with Gasteiger partial charge in [-0.2, -0.15) is 0 Å². The number of nitrogens with zero attached hydrogens (tertiary/aromatic N) is 1. The molecule has 0 amide bonds. The molecule has 0 saturated heterocycles. The monoisotopic (exact) mass is 329 g/mol. The third-order valence-corrected chi connectivity index (χ3v) is 5.67. The van der Waals surface area contributed by atoms with Crippen LogP contribution in [0.4, 0.5) is 0 Å². The Labute approximate surface area is 136 Å². The molecule has 3 heterocycles. The van der Waals surface area contributed by atoms with E-state index in [4.69, 9.17) is 0 Å². The molecule has 0 unspecified atom stereocenters. The largest absolute Gasteiger partial charge is 0.341 e. The van der Waals surface area contributed by atoms with E-state index in [0.29, 0.717) is 11.1 Å². The van der Waals surface area contributed by atoms with Crippen LogP contribution >= 0.6 is 22.7 Å². The van der Waals surface area contributed by atoms with Crippen LogP contribution in [-0.4, -0.2) is 17.1 Å². The molecule has 0 spiro atoms. The second kappa shape index (κ2) is 5.66. The van der Waals surface area contributed by atoms with Gasteiger partial charge in [0.2, 0.25) is 0 Å². The van der Waals surface area contributed by atoms with Crippen molar-refractivity contribution in [3.63, 3.8) is 0 Å². The molecule has 3 nitrogen and oxygen atoms in total. The third-order valence-electron chi connectivity index (χ3n) is 3.65. The predicted molar refractivity (Wildman–Crippen MR) is 92.3 cm³/mol. The topological polar surface area (TPSA) is 39.1 Å². The van der Waals surface area contributed by atoms with Crippen molar-refractivity contribution in [3.05, 3.63) is 45.1 Å². The standard InChI is InChI=1S/C17H15NO2S2/c1-10-4-6-14(21-10)16-12(8-19)13(9-20)17(18(16)3)15-7-5-11(2)22-15/h4-9H,1-3H3. The Balaban J connectivity index is 2.34. The molecular formula is C17H15NO2S2. The van der Waals surface area contributed by atoms with Crippen molar-refractivity contribution in [2.45, 2.75) is 13.8 Å². The zero-order valence-corrected chi connectivity index (χ0v) is 14.2. The lowest BCUT2D eigenvalue weighted by atomic mass is 10.1. The van der Waals surface area contributed by atoms with Gasteiger partial charge in [0.25, 0.3) is 0 Å². The van der Waals surface area contributed by atoms with E-state index in [1.807, 2.05) is 49.7 Å². The number of thiophene rings is 2. The molecule has 3 aromatic rings. The lowest BCUT2D eigenvalue weighted by Gasteiger charge is -2.05. The van der Waals surface area contributed by atoms with Crippen LogP contribution in [0.25, 0.3) is 21.1 Å². The number of hydrogen-bond donors (Lipinski definition) is 0. The Bertz CT molecular complexity index is 798. The number of carbonyl (C=O) groups excluding carboxylic acids is 2. The van der Waals surface area contributed by atoms with Gasteiger partial charge >= 0.3 is 0 Å². The van der Waals surface area contributed by atoms with E-state index in [-0.39, 0.29) is 0 Å². The SMILES string of the molecule is Cc1ccc(-c2c(C=O)c(C=O)c(-c3ccc(C)s3)n2C)s1. The lowest BCUT2D eigenvalue weighted by Crippen LogP contribution is -1.94. The van der Waals surface area contributed by atoms with Gasteiger partial charge in [-0.15, -0.1) is 22.7 Å². The molecule has 22 heavy (non-hydrogen) atoms. The fourth-order valence-corrected chi connectivity index (χ4v) is 4.61. The van der Waals surface area contributed by atoms with Crippen molar-refractivity contribution in [3.8, 4) is 21.1 Å². The molecule has 0 aliphatic carbocycles. The quantitative estimate of drug-likeness (QED) is 0.649. The van der Waals surface area contributed by atoms with Crippen LogP contribution in [0.1, 0.15) is 30.5 Å². The number of rotatable bonds is 4. The highest BCUT2D eigenvalue weighted by Crippen LogP contribution is 2.39. The molecule has 0 fully saturated rings. The smallest absolute Gasteiger partial charge is 0.153 e. The average molecular weight is 329 g/mol. The summed E-state index contributed by atoms with van der Waals surface area (Å²) in [4.78, 5) is 27.6. The van der Waals surface area contributed by atoms with Crippen LogP contribution in [0.2, 0.25) is 0 Å². The Morgan fingerprint density at radius 2 is 1.23 bits per heavy atom. The van der Waals surface area contributed by atoms with Crippen LogP contribution in [-0.2, 0) is 7.05 Å². The number of aldehydes is 2. The van der Waals surface area contributed by atoms with Gasteiger partial charge in [0, 0.05) is 16.8 Å². The van der Waals surface area contributed by atoms with E-state index in [0.717, 1.165) is 33.7 Å². The molecule has 5 heteroatoms. The van der Waals surface area contributed by atoms with Crippen LogP contribution in [0.15, 0.2) is 24.3 Å². The summed E-state index contributed by atoms with van der Waals surface area (Å²) in [7, 11) is 1.91. The van der Waals surface area contributed by atoms with Gasteiger partial charge in [-0.3, -0.25) is 9.59 Å². The predicted octanol–water partition coefficient (Wildman–Crippen LogP) is 4.72. The van der Waals surface area contributed by atoms with Gasteiger partial charge in [0.05, 0.1) is 32.3 Å². The van der Waals surface area contributed by atoms with Crippen molar-refractivity contribution >= 4 is 35.2 Å². The van der Waals surface area contributed by atoms with Crippen LogP contribution in [0.3, 0.4) is 0 Å². The number of aromatic nitrogens is 1. The Morgan fingerprint density at radius 3 is 1.50 bits per heavy atom. The second-order valence-electron chi connectivity index (χ2n) is 5.14. The minimum absolute atomic E-state index is 0.473. The molecule has 112 valence electrons. The molecule has 0 aliphatic heterocycles. The summed E-state index contributed by atoms with van der Waals surface area (Å²) in [5, 5.41) is 0. The van der Waals surface area contributed by atoms with Crippen molar-refractivity contribution in [2.24, 2.45) is 7.05 Å². The van der Waals surface area contributed by atoms with Crippen LogP contribution < -0.4 is 0 Å². The van der Waals surface area contributed by atoms with E-state index >= 15 is 0 Å². The minimum Gasteiger partial charge on any atom is -0.341 e. The molecule has 3 aromatic heterocycles. The number of carbonyl (C=O) groups is 2. The highest BCUT2D eigenvalue weighted by atomic mass is 32.1. The molecule has 0 bridgehead atoms. The molecule has 3 rings (SSSR count). The molecular weight excluding hydrogens is 314 g/mol. The third kappa shape index (κ3) is 2.26. The summed E-state index contributed by atoms with van der Waals surface area (Å²) in [6.07, 6.45) is 1.58. The zero-order valence-electron chi connectivity index (χ0n) is 12.5. The van der Waals surface area contributed by atoms with Gasteiger partial charge in [-0.1, -0.05) is 0 Å². The molecule has 0 aromatic carbocycles. The zero-order chi connectivity index (χ0) is 15.9. The lowest BCUT2D eigenvalue weighted by molar-refractivity contribution is 0.109. The molecule has 0 radical (unpaired) electrons. The van der Waals surface area contributed by atoms with Crippen LogP contribution in [0.5, 0.6) is 0 Å². The maximum Gasteiger partial charge on any atom is 0.153 e. The average Bonchev–Trinajstić information content (AvgIpc) is 3.16. The van der Waals surface area contributed by atoms with Gasteiger partial charge in [0.15, 0.2) is 12.6 Å². The summed E-state index contributed by atoms with van der Waals surface area (Å²) in [6, 6.07) is 8.05. The first-order valence-electron chi connectivity index (χ1n) is 6.83. The van der Waals surface area contributed by atoms with E-state index in [9.17, 15) is 9.59 Å².